The summed E-state index contributed by atoms with van der Waals surface area (Å²) in [7, 11) is 0. The van der Waals surface area contributed by atoms with E-state index in [-0.39, 0.29) is 11.4 Å². The van der Waals surface area contributed by atoms with E-state index >= 15 is 0 Å². The third kappa shape index (κ3) is 4.02. The summed E-state index contributed by atoms with van der Waals surface area (Å²) < 4.78 is 5.61. The van der Waals surface area contributed by atoms with Gasteiger partial charge in [0.25, 0.3) is 5.91 Å². The number of nitrogens with two attached hydrogens (primary N) is 1. The minimum Gasteiger partial charge on any atom is -0.481 e. The Hall–Kier alpha value is -0.970. The van der Waals surface area contributed by atoms with Crippen LogP contribution in [0.4, 0.5) is 0 Å². The highest BCUT2D eigenvalue weighted by molar-refractivity contribution is 6.42. The molecule has 4 nitrogen and oxygen atoms in total. The first kappa shape index (κ1) is 16.4. The first-order chi connectivity index (χ1) is 9.85. The Morgan fingerprint density at radius 1 is 1.48 bits per heavy atom. The number of carbonyl (C=O) groups is 1. The van der Waals surface area contributed by atoms with Crippen molar-refractivity contribution in [1.82, 2.24) is 5.32 Å². The smallest absolute Gasteiger partial charge is 0.261 e. The Kier molecular flexibility index (Phi) is 5.02. The molecule has 0 aliphatic heterocycles. The zero-order valence-electron chi connectivity index (χ0n) is 12.2. The minimum atomic E-state index is -0.633. The fraction of sp³-hybridized carbons (Fsp3) is 0.533. The number of hydrogen-bond acceptors (Lipinski definition) is 3. The predicted octanol–water partition coefficient (Wildman–Crippen LogP) is 3.00. The maximum atomic E-state index is 12.3. The SMILES string of the molecule is CC(Oc1ccc(Cl)c(Cl)c1)C(=O)NC(C)(CN)C1CC1. The van der Waals surface area contributed by atoms with Gasteiger partial charge in [0.1, 0.15) is 5.75 Å². The molecule has 0 aromatic heterocycles. The summed E-state index contributed by atoms with van der Waals surface area (Å²) in [6.45, 7) is 4.10. The van der Waals surface area contributed by atoms with Gasteiger partial charge in [0.2, 0.25) is 0 Å². The van der Waals surface area contributed by atoms with Crippen LogP contribution in [0.3, 0.4) is 0 Å². The molecule has 0 bridgehead atoms. The van der Waals surface area contributed by atoms with Gasteiger partial charge in [-0.3, -0.25) is 4.79 Å². The van der Waals surface area contributed by atoms with Crippen molar-refractivity contribution in [1.29, 1.82) is 0 Å². The first-order valence-corrected chi connectivity index (χ1v) is 7.75. The lowest BCUT2D eigenvalue weighted by atomic mass is 9.95. The zero-order chi connectivity index (χ0) is 15.6. The van der Waals surface area contributed by atoms with Crippen LogP contribution in [0.25, 0.3) is 0 Å². The molecule has 0 saturated heterocycles. The molecule has 6 heteroatoms. The fourth-order valence-electron chi connectivity index (χ4n) is 2.23. The highest BCUT2D eigenvalue weighted by Gasteiger charge is 2.42. The summed E-state index contributed by atoms with van der Waals surface area (Å²) in [5.74, 6) is 0.789. The van der Waals surface area contributed by atoms with Crippen molar-refractivity contribution in [2.24, 2.45) is 11.7 Å². The molecule has 1 saturated carbocycles. The Balaban J connectivity index is 1.97. The maximum absolute atomic E-state index is 12.3. The molecular weight excluding hydrogens is 311 g/mol. The van der Waals surface area contributed by atoms with Crippen molar-refractivity contribution in [2.45, 2.75) is 38.3 Å². The van der Waals surface area contributed by atoms with Crippen molar-refractivity contribution in [3.05, 3.63) is 28.2 Å². The Bertz CT molecular complexity index is 534. The van der Waals surface area contributed by atoms with Gasteiger partial charge >= 0.3 is 0 Å². The molecule has 2 atom stereocenters. The normalized spacial score (nSPS) is 18.7. The van der Waals surface area contributed by atoms with Gasteiger partial charge in [-0.15, -0.1) is 0 Å². The van der Waals surface area contributed by atoms with Gasteiger partial charge in [-0.25, -0.2) is 0 Å². The Morgan fingerprint density at radius 2 is 2.14 bits per heavy atom. The number of benzene rings is 1. The summed E-state index contributed by atoms with van der Waals surface area (Å²) >= 11 is 11.8. The summed E-state index contributed by atoms with van der Waals surface area (Å²) in [4.78, 5) is 12.3. The molecule has 1 aromatic rings. The molecular formula is C15H20Cl2N2O2. The van der Waals surface area contributed by atoms with Gasteiger partial charge in [-0.1, -0.05) is 23.2 Å². The summed E-state index contributed by atoms with van der Waals surface area (Å²) in [6.07, 6.45) is 1.58. The molecule has 1 aromatic carbocycles. The van der Waals surface area contributed by atoms with E-state index in [1.165, 1.54) is 0 Å². The van der Waals surface area contributed by atoms with Crippen LogP contribution in [-0.4, -0.2) is 24.1 Å². The van der Waals surface area contributed by atoms with E-state index in [1.54, 1.807) is 25.1 Å². The van der Waals surface area contributed by atoms with Gasteiger partial charge in [0, 0.05) is 12.6 Å². The summed E-state index contributed by atoms with van der Waals surface area (Å²) in [6, 6.07) is 4.91. The fourth-order valence-corrected chi connectivity index (χ4v) is 2.52. The van der Waals surface area contributed by atoms with Gasteiger partial charge < -0.3 is 15.8 Å². The van der Waals surface area contributed by atoms with Crippen LogP contribution in [0.15, 0.2) is 18.2 Å². The second-order valence-electron chi connectivity index (χ2n) is 5.72. The van der Waals surface area contributed by atoms with E-state index < -0.39 is 6.10 Å². The summed E-state index contributed by atoms with van der Waals surface area (Å²) in [5, 5.41) is 3.85. The number of carbonyl (C=O) groups excluding carboxylic acids is 1. The van der Waals surface area contributed by atoms with Crippen LogP contribution in [0.5, 0.6) is 5.75 Å². The van der Waals surface area contributed by atoms with Crippen molar-refractivity contribution < 1.29 is 9.53 Å². The van der Waals surface area contributed by atoms with Crippen molar-refractivity contribution in [3.8, 4) is 5.75 Å². The van der Waals surface area contributed by atoms with Crippen molar-refractivity contribution in [3.63, 3.8) is 0 Å². The third-order valence-electron chi connectivity index (χ3n) is 3.88. The molecule has 2 unspecified atom stereocenters. The second kappa shape index (κ2) is 6.42. The second-order valence-corrected chi connectivity index (χ2v) is 6.54. The standard InChI is InChI=1S/C15H20Cl2N2O2/c1-9(21-11-5-6-12(16)13(17)7-11)14(20)19-15(2,8-18)10-3-4-10/h5-7,9-10H,3-4,8,18H2,1-2H3,(H,19,20). The minimum absolute atomic E-state index is 0.180. The molecule has 21 heavy (non-hydrogen) atoms. The number of rotatable bonds is 6. The highest BCUT2D eigenvalue weighted by atomic mass is 35.5. The molecule has 2 rings (SSSR count). The van der Waals surface area contributed by atoms with Crippen molar-refractivity contribution >= 4 is 29.1 Å². The summed E-state index contributed by atoms with van der Waals surface area (Å²) in [5.41, 5.74) is 5.44. The molecule has 3 N–H and O–H groups in total. The van der Waals surface area contributed by atoms with E-state index in [0.717, 1.165) is 12.8 Å². The van der Waals surface area contributed by atoms with Crippen LogP contribution in [0.2, 0.25) is 10.0 Å². The molecule has 0 heterocycles. The van der Waals surface area contributed by atoms with E-state index in [9.17, 15) is 4.79 Å². The lowest BCUT2D eigenvalue weighted by Gasteiger charge is -2.31. The highest BCUT2D eigenvalue weighted by Crippen LogP contribution is 2.39. The van der Waals surface area contributed by atoms with Crippen LogP contribution in [0, 0.1) is 5.92 Å². The lowest BCUT2D eigenvalue weighted by molar-refractivity contribution is -0.129. The average Bonchev–Trinajstić information content (AvgIpc) is 3.27. The predicted molar refractivity (Wildman–Crippen MR) is 84.9 cm³/mol. The van der Waals surface area contributed by atoms with Gasteiger partial charge in [0.15, 0.2) is 6.10 Å². The Morgan fingerprint density at radius 3 is 2.67 bits per heavy atom. The number of amides is 1. The van der Waals surface area contributed by atoms with Crippen LogP contribution >= 0.6 is 23.2 Å². The number of hydrogen-bond donors (Lipinski definition) is 2. The largest absolute Gasteiger partial charge is 0.481 e. The van der Waals surface area contributed by atoms with Gasteiger partial charge in [-0.2, -0.15) is 0 Å². The first-order valence-electron chi connectivity index (χ1n) is 6.99. The van der Waals surface area contributed by atoms with Gasteiger partial charge in [-0.05, 0) is 44.7 Å². The average molecular weight is 331 g/mol. The van der Waals surface area contributed by atoms with E-state index in [0.29, 0.717) is 28.3 Å². The molecule has 1 amide bonds. The number of halogens is 2. The van der Waals surface area contributed by atoms with E-state index in [4.69, 9.17) is 33.7 Å². The topological polar surface area (TPSA) is 64.3 Å². The number of nitrogens with one attached hydrogen (secondary N) is 1. The zero-order valence-corrected chi connectivity index (χ0v) is 13.7. The molecule has 0 radical (unpaired) electrons. The molecule has 116 valence electrons. The van der Waals surface area contributed by atoms with Crippen LogP contribution in [0.1, 0.15) is 26.7 Å². The van der Waals surface area contributed by atoms with E-state index in [2.05, 4.69) is 5.32 Å². The monoisotopic (exact) mass is 330 g/mol. The molecule has 1 fully saturated rings. The van der Waals surface area contributed by atoms with Crippen LogP contribution < -0.4 is 15.8 Å². The quantitative estimate of drug-likeness (QED) is 0.842. The van der Waals surface area contributed by atoms with Gasteiger partial charge in [0.05, 0.1) is 15.6 Å². The van der Waals surface area contributed by atoms with Crippen LogP contribution in [-0.2, 0) is 4.79 Å². The molecule has 1 aliphatic carbocycles. The molecule has 1 aliphatic rings. The van der Waals surface area contributed by atoms with Crippen molar-refractivity contribution in [2.75, 3.05) is 6.54 Å². The number of ether oxygens (including phenoxy) is 1. The van der Waals surface area contributed by atoms with E-state index in [1.807, 2.05) is 6.92 Å². The lowest BCUT2D eigenvalue weighted by Crippen LogP contribution is -2.56. The maximum Gasteiger partial charge on any atom is 0.261 e. The third-order valence-corrected chi connectivity index (χ3v) is 4.62. The Labute approximate surface area is 134 Å². The molecule has 0 spiro atoms.